The van der Waals surface area contributed by atoms with Gasteiger partial charge in [0.1, 0.15) is 0 Å². The zero-order chi connectivity index (χ0) is 9.19. The number of alkyl halides is 3. The molecule has 0 N–H and O–H groups in total. The Morgan fingerprint density at radius 2 is 1.67 bits per heavy atom. The minimum absolute atomic E-state index is 0.316. The lowest BCUT2D eigenvalue weighted by Gasteiger charge is -2.22. The Labute approximate surface area is 87.4 Å². The van der Waals surface area contributed by atoms with E-state index in [1.165, 1.54) is 0 Å². The summed E-state index contributed by atoms with van der Waals surface area (Å²) >= 11 is 17.9. The summed E-state index contributed by atoms with van der Waals surface area (Å²) < 4.78 is -0.997. The fourth-order valence-electron chi connectivity index (χ4n) is 0.890. The van der Waals surface area contributed by atoms with E-state index in [-0.39, 0.29) is 5.38 Å². The van der Waals surface area contributed by atoms with Gasteiger partial charge in [-0.25, -0.2) is 0 Å². The Bertz CT molecular complexity index is 241. The highest BCUT2D eigenvalue weighted by Gasteiger charge is 2.31. The van der Waals surface area contributed by atoms with Gasteiger partial charge in [0.25, 0.3) is 0 Å². The topological polar surface area (TPSA) is 0 Å². The Hall–Kier alpha value is 0.0900. The van der Waals surface area contributed by atoms with Crippen molar-refractivity contribution in [1.82, 2.24) is 0 Å². The summed E-state index contributed by atoms with van der Waals surface area (Å²) in [6, 6.07) is 9.40. The molecule has 0 bridgehead atoms. The van der Waals surface area contributed by atoms with Crippen LogP contribution in [0.2, 0.25) is 0 Å². The zero-order valence-corrected chi connectivity index (χ0v) is 8.87. The quantitative estimate of drug-likeness (QED) is 0.666. The average molecular weight is 224 g/mol. The first-order valence-electron chi connectivity index (χ1n) is 3.62. The Balaban J connectivity index is 2.98. The van der Waals surface area contributed by atoms with Gasteiger partial charge < -0.3 is 0 Å². The van der Waals surface area contributed by atoms with Gasteiger partial charge in [0.2, 0.25) is 0 Å². The van der Waals surface area contributed by atoms with Crippen LogP contribution < -0.4 is 0 Å². The van der Waals surface area contributed by atoms with Crippen molar-refractivity contribution in [3.63, 3.8) is 0 Å². The summed E-state index contributed by atoms with van der Waals surface area (Å²) in [7, 11) is 0. The third-order valence-corrected chi connectivity index (χ3v) is 3.30. The first-order chi connectivity index (χ1) is 5.55. The molecule has 66 valence electrons. The standard InChI is InChI=1S/C9H9Cl3/c1-7(10)9(11,12)8-5-3-2-4-6-8/h2-7H,1H3. The maximum absolute atomic E-state index is 6.03. The molecule has 0 spiro atoms. The molecule has 0 aliphatic heterocycles. The van der Waals surface area contributed by atoms with E-state index in [0.29, 0.717) is 0 Å². The molecule has 0 fully saturated rings. The highest BCUT2D eigenvalue weighted by atomic mass is 35.5. The Morgan fingerprint density at radius 3 is 2.08 bits per heavy atom. The van der Waals surface area contributed by atoms with Gasteiger partial charge >= 0.3 is 0 Å². The number of rotatable bonds is 2. The van der Waals surface area contributed by atoms with Crippen LogP contribution in [0.5, 0.6) is 0 Å². The molecule has 1 aromatic carbocycles. The Morgan fingerprint density at radius 1 is 1.17 bits per heavy atom. The molecule has 1 atom stereocenters. The van der Waals surface area contributed by atoms with Crippen LogP contribution in [0.1, 0.15) is 12.5 Å². The molecule has 0 radical (unpaired) electrons. The molecular formula is C9H9Cl3. The van der Waals surface area contributed by atoms with Gasteiger partial charge in [0.15, 0.2) is 4.33 Å². The SMILES string of the molecule is CC(Cl)C(Cl)(Cl)c1ccccc1. The van der Waals surface area contributed by atoms with Crippen molar-refractivity contribution in [3.8, 4) is 0 Å². The second-order valence-electron chi connectivity index (χ2n) is 2.60. The van der Waals surface area contributed by atoms with Crippen LogP contribution in [-0.4, -0.2) is 5.38 Å². The third-order valence-electron chi connectivity index (χ3n) is 1.66. The highest BCUT2D eigenvalue weighted by molar-refractivity contribution is 6.51. The van der Waals surface area contributed by atoms with Crippen molar-refractivity contribution in [3.05, 3.63) is 35.9 Å². The van der Waals surface area contributed by atoms with E-state index in [2.05, 4.69) is 0 Å². The fourth-order valence-corrected chi connectivity index (χ4v) is 1.27. The van der Waals surface area contributed by atoms with Crippen molar-refractivity contribution >= 4 is 34.8 Å². The molecule has 0 aliphatic rings. The van der Waals surface area contributed by atoms with E-state index in [0.717, 1.165) is 5.56 Å². The van der Waals surface area contributed by atoms with Gasteiger partial charge in [-0.3, -0.25) is 0 Å². The molecule has 1 unspecified atom stereocenters. The molecule has 0 saturated carbocycles. The van der Waals surface area contributed by atoms with Crippen molar-refractivity contribution in [2.24, 2.45) is 0 Å². The van der Waals surface area contributed by atoms with Crippen molar-refractivity contribution < 1.29 is 0 Å². The van der Waals surface area contributed by atoms with Crippen molar-refractivity contribution in [2.75, 3.05) is 0 Å². The van der Waals surface area contributed by atoms with E-state index in [4.69, 9.17) is 34.8 Å². The summed E-state index contributed by atoms with van der Waals surface area (Å²) in [5, 5.41) is -0.316. The van der Waals surface area contributed by atoms with Gasteiger partial charge in [-0.1, -0.05) is 53.5 Å². The van der Waals surface area contributed by atoms with Crippen LogP contribution in [0, 0.1) is 0 Å². The molecule has 0 saturated heterocycles. The highest BCUT2D eigenvalue weighted by Crippen LogP contribution is 2.39. The predicted molar refractivity (Wildman–Crippen MR) is 55.1 cm³/mol. The summed E-state index contributed by atoms with van der Waals surface area (Å²) in [6.45, 7) is 1.77. The first kappa shape index (κ1) is 10.2. The van der Waals surface area contributed by atoms with E-state index in [1.807, 2.05) is 30.3 Å². The van der Waals surface area contributed by atoms with Crippen LogP contribution in [0.15, 0.2) is 30.3 Å². The summed E-state index contributed by atoms with van der Waals surface area (Å²) in [5.74, 6) is 0. The van der Waals surface area contributed by atoms with Gasteiger partial charge in [-0.05, 0) is 12.5 Å². The molecule has 0 nitrogen and oxygen atoms in total. The summed E-state index contributed by atoms with van der Waals surface area (Å²) in [5.41, 5.74) is 0.829. The Kier molecular flexibility index (Phi) is 3.28. The van der Waals surface area contributed by atoms with Crippen LogP contribution in [0.3, 0.4) is 0 Å². The third kappa shape index (κ3) is 2.07. The number of hydrogen-bond donors (Lipinski definition) is 0. The molecule has 0 heterocycles. The van der Waals surface area contributed by atoms with Crippen molar-refractivity contribution in [1.29, 1.82) is 0 Å². The van der Waals surface area contributed by atoms with E-state index < -0.39 is 4.33 Å². The second-order valence-corrected chi connectivity index (χ2v) is 4.65. The monoisotopic (exact) mass is 222 g/mol. The zero-order valence-electron chi connectivity index (χ0n) is 6.60. The first-order valence-corrected chi connectivity index (χ1v) is 4.82. The van der Waals surface area contributed by atoms with Gasteiger partial charge in [-0.15, -0.1) is 11.6 Å². The van der Waals surface area contributed by atoms with Crippen LogP contribution in [0.4, 0.5) is 0 Å². The second kappa shape index (κ2) is 3.87. The van der Waals surface area contributed by atoms with Gasteiger partial charge in [-0.2, -0.15) is 0 Å². The van der Waals surface area contributed by atoms with Crippen LogP contribution in [-0.2, 0) is 4.33 Å². The lowest BCUT2D eigenvalue weighted by atomic mass is 10.1. The summed E-state index contributed by atoms with van der Waals surface area (Å²) in [4.78, 5) is 0. The van der Waals surface area contributed by atoms with E-state index >= 15 is 0 Å². The molecule has 3 heteroatoms. The molecular weight excluding hydrogens is 214 g/mol. The molecule has 0 aromatic heterocycles. The number of benzene rings is 1. The molecule has 1 rings (SSSR count). The molecule has 0 aliphatic carbocycles. The van der Waals surface area contributed by atoms with Crippen LogP contribution in [0.25, 0.3) is 0 Å². The van der Waals surface area contributed by atoms with Crippen molar-refractivity contribution in [2.45, 2.75) is 16.6 Å². The van der Waals surface area contributed by atoms with Gasteiger partial charge in [0, 0.05) is 0 Å². The normalized spacial score (nSPS) is 14.3. The lowest BCUT2D eigenvalue weighted by Crippen LogP contribution is -2.20. The van der Waals surface area contributed by atoms with Crippen LogP contribution >= 0.6 is 34.8 Å². The number of hydrogen-bond acceptors (Lipinski definition) is 0. The maximum atomic E-state index is 6.03. The minimum Gasteiger partial charge on any atom is -0.120 e. The maximum Gasteiger partial charge on any atom is 0.159 e. The molecule has 12 heavy (non-hydrogen) atoms. The smallest absolute Gasteiger partial charge is 0.120 e. The lowest BCUT2D eigenvalue weighted by molar-refractivity contribution is 0.815. The largest absolute Gasteiger partial charge is 0.159 e. The predicted octanol–water partition coefficient (Wildman–Crippen LogP) is 3.94. The average Bonchev–Trinajstić information content (AvgIpc) is 2.06. The summed E-state index contributed by atoms with van der Waals surface area (Å²) in [6.07, 6.45) is 0. The van der Waals surface area contributed by atoms with E-state index in [1.54, 1.807) is 6.92 Å². The molecule has 1 aromatic rings. The molecule has 0 amide bonds. The number of halogens is 3. The fraction of sp³-hybridized carbons (Fsp3) is 0.333. The van der Waals surface area contributed by atoms with Gasteiger partial charge in [0.05, 0.1) is 5.38 Å². The van der Waals surface area contributed by atoms with E-state index in [9.17, 15) is 0 Å². The minimum atomic E-state index is -0.997.